The number of benzene rings is 2. The number of fused-ring (bicyclic) bond motifs is 1. The molecule has 1 aromatic heterocycles. The second-order valence-corrected chi connectivity index (χ2v) is 7.06. The average Bonchev–Trinajstić information content (AvgIpc) is 3.01. The van der Waals surface area contributed by atoms with Crippen LogP contribution in [0.2, 0.25) is 5.02 Å². The Bertz CT molecular complexity index is 850. The lowest BCUT2D eigenvalue weighted by Crippen LogP contribution is -2.36. The molecule has 0 fully saturated rings. The molecule has 0 aliphatic carbocycles. The Morgan fingerprint density at radius 3 is 2.71 bits per heavy atom. The first-order valence-corrected chi connectivity index (χ1v) is 8.84. The van der Waals surface area contributed by atoms with Crippen molar-refractivity contribution in [2.45, 2.75) is 13.0 Å². The van der Waals surface area contributed by atoms with Crippen LogP contribution in [0.5, 0.6) is 0 Å². The van der Waals surface area contributed by atoms with E-state index < -0.39 is 0 Å². The SMILES string of the molecule is C[C@H](NC(=O)CN(C)c1nc2c(Cl)cccc2s1)c1ccccc1. The number of nitrogens with zero attached hydrogens (tertiary/aromatic N) is 2. The quantitative estimate of drug-likeness (QED) is 0.740. The maximum absolute atomic E-state index is 12.3. The summed E-state index contributed by atoms with van der Waals surface area (Å²) in [5, 5.41) is 4.42. The first-order valence-electron chi connectivity index (χ1n) is 7.65. The van der Waals surface area contributed by atoms with Crippen molar-refractivity contribution in [1.82, 2.24) is 10.3 Å². The fourth-order valence-corrected chi connectivity index (χ4v) is 3.69. The van der Waals surface area contributed by atoms with Gasteiger partial charge < -0.3 is 10.2 Å². The van der Waals surface area contributed by atoms with Gasteiger partial charge in [0.05, 0.1) is 22.3 Å². The van der Waals surface area contributed by atoms with Crippen molar-refractivity contribution >= 4 is 44.2 Å². The highest BCUT2D eigenvalue weighted by Crippen LogP contribution is 2.32. The largest absolute Gasteiger partial charge is 0.348 e. The van der Waals surface area contributed by atoms with E-state index in [1.807, 2.05) is 67.4 Å². The molecule has 1 N–H and O–H groups in total. The second-order valence-electron chi connectivity index (χ2n) is 5.64. The van der Waals surface area contributed by atoms with Crippen LogP contribution in [0, 0.1) is 0 Å². The number of hydrogen-bond acceptors (Lipinski definition) is 4. The van der Waals surface area contributed by atoms with Gasteiger partial charge in [-0.1, -0.05) is 59.3 Å². The minimum Gasteiger partial charge on any atom is -0.348 e. The maximum atomic E-state index is 12.3. The highest BCUT2D eigenvalue weighted by Gasteiger charge is 2.15. The van der Waals surface area contributed by atoms with Crippen molar-refractivity contribution < 1.29 is 4.79 Å². The highest BCUT2D eigenvalue weighted by atomic mass is 35.5. The molecule has 2 aromatic carbocycles. The molecule has 0 saturated heterocycles. The molecule has 0 radical (unpaired) electrons. The smallest absolute Gasteiger partial charge is 0.240 e. The predicted octanol–water partition coefficient (Wildman–Crippen LogP) is 4.26. The average molecular weight is 360 g/mol. The molecule has 3 aromatic rings. The third-order valence-corrected chi connectivity index (χ3v) is 5.18. The van der Waals surface area contributed by atoms with E-state index in [0.29, 0.717) is 5.02 Å². The summed E-state index contributed by atoms with van der Waals surface area (Å²) in [4.78, 5) is 18.7. The summed E-state index contributed by atoms with van der Waals surface area (Å²) in [6.45, 7) is 2.22. The normalized spacial score (nSPS) is 12.1. The van der Waals surface area contributed by atoms with Crippen molar-refractivity contribution in [3.63, 3.8) is 0 Å². The number of rotatable bonds is 5. The molecule has 1 amide bonds. The fourth-order valence-electron chi connectivity index (χ4n) is 2.46. The van der Waals surface area contributed by atoms with Gasteiger partial charge in [-0.2, -0.15) is 0 Å². The van der Waals surface area contributed by atoms with Crippen LogP contribution in [0.25, 0.3) is 10.2 Å². The summed E-state index contributed by atoms with van der Waals surface area (Å²) in [5.41, 5.74) is 1.87. The molecule has 0 aliphatic heterocycles. The molecule has 124 valence electrons. The molecule has 3 rings (SSSR count). The minimum atomic E-state index is -0.0424. The van der Waals surface area contributed by atoms with Gasteiger partial charge in [-0.15, -0.1) is 0 Å². The summed E-state index contributed by atoms with van der Waals surface area (Å²) >= 11 is 7.69. The van der Waals surface area contributed by atoms with Crippen molar-refractivity contribution in [3.8, 4) is 0 Å². The van der Waals surface area contributed by atoms with Crippen LogP contribution in [-0.4, -0.2) is 24.5 Å². The van der Waals surface area contributed by atoms with Crippen molar-refractivity contribution in [3.05, 3.63) is 59.1 Å². The van der Waals surface area contributed by atoms with Crippen LogP contribution >= 0.6 is 22.9 Å². The third-order valence-electron chi connectivity index (χ3n) is 3.74. The molecular weight excluding hydrogens is 342 g/mol. The molecule has 0 bridgehead atoms. The van der Waals surface area contributed by atoms with E-state index in [1.54, 1.807) is 0 Å². The molecule has 0 aliphatic rings. The number of anilines is 1. The number of halogens is 1. The summed E-state index contributed by atoms with van der Waals surface area (Å²) < 4.78 is 1.02. The monoisotopic (exact) mass is 359 g/mol. The Balaban J connectivity index is 1.66. The van der Waals surface area contributed by atoms with Gasteiger partial charge in [0.2, 0.25) is 5.91 Å². The van der Waals surface area contributed by atoms with Crippen LogP contribution < -0.4 is 10.2 Å². The molecule has 24 heavy (non-hydrogen) atoms. The number of carbonyl (C=O) groups is 1. The third kappa shape index (κ3) is 3.68. The van der Waals surface area contributed by atoms with E-state index in [4.69, 9.17) is 11.6 Å². The van der Waals surface area contributed by atoms with Crippen molar-refractivity contribution in [2.75, 3.05) is 18.5 Å². The molecule has 1 heterocycles. The lowest BCUT2D eigenvalue weighted by Gasteiger charge is -2.18. The summed E-state index contributed by atoms with van der Waals surface area (Å²) in [5.74, 6) is -0.0424. The molecule has 4 nitrogen and oxygen atoms in total. The number of carbonyl (C=O) groups excluding carboxylic acids is 1. The van der Waals surface area contributed by atoms with Crippen molar-refractivity contribution in [2.24, 2.45) is 0 Å². The maximum Gasteiger partial charge on any atom is 0.240 e. The summed E-state index contributed by atoms with van der Waals surface area (Å²) in [6, 6.07) is 15.6. The number of para-hydroxylation sites is 1. The minimum absolute atomic E-state index is 0.0306. The first kappa shape index (κ1) is 16.7. The van der Waals surface area contributed by atoms with Crippen LogP contribution in [0.15, 0.2) is 48.5 Å². The fraction of sp³-hybridized carbons (Fsp3) is 0.222. The van der Waals surface area contributed by atoms with Gasteiger partial charge in [-0.05, 0) is 24.6 Å². The lowest BCUT2D eigenvalue weighted by molar-refractivity contribution is -0.120. The number of likely N-dealkylation sites (N-methyl/N-ethyl adjacent to an activating group) is 1. The van der Waals surface area contributed by atoms with E-state index in [1.165, 1.54) is 11.3 Å². The van der Waals surface area contributed by atoms with Gasteiger partial charge in [0.25, 0.3) is 0 Å². The standard InChI is InChI=1S/C18H18ClN3OS/c1-12(13-7-4-3-5-8-13)20-16(23)11-22(2)18-21-17-14(19)9-6-10-15(17)24-18/h3-10,12H,11H2,1-2H3,(H,20,23)/t12-/m0/s1. The number of aromatic nitrogens is 1. The number of nitrogens with one attached hydrogen (secondary N) is 1. The Morgan fingerprint density at radius 2 is 2.00 bits per heavy atom. The van der Waals surface area contributed by atoms with Crippen LogP contribution in [0.4, 0.5) is 5.13 Å². The van der Waals surface area contributed by atoms with E-state index in [9.17, 15) is 4.79 Å². The number of thiazole rings is 1. The lowest BCUT2D eigenvalue weighted by atomic mass is 10.1. The molecule has 0 spiro atoms. The van der Waals surface area contributed by atoms with Gasteiger partial charge in [0.1, 0.15) is 5.52 Å². The Labute approximate surface area is 150 Å². The Morgan fingerprint density at radius 1 is 1.25 bits per heavy atom. The zero-order chi connectivity index (χ0) is 17.1. The molecule has 0 saturated carbocycles. The van der Waals surface area contributed by atoms with E-state index in [2.05, 4.69) is 10.3 Å². The topological polar surface area (TPSA) is 45.2 Å². The summed E-state index contributed by atoms with van der Waals surface area (Å²) in [7, 11) is 1.86. The first-order chi connectivity index (χ1) is 11.5. The highest BCUT2D eigenvalue weighted by molar-refractivity contribution is 7.22. The van der Waals surface area contributed by atoms with Gasteiger partial charge in [0.15, 0.2) is 5.13 Å². The van der Waals surface area contributed by atoms with Crippen LogP contribution in [0.3, 0.4) is 0 Å². The molecule has 1 atom stereocenters. The van der Waals surface area contributed by atoms with Crippen LogP contribution in [-0.2, 0) is 4.79 Å². The predicted molar refractivity (Wildman–Crippen MR) is 101 cm³/mol. The van der Waals surface area contributed by atoms with Gasteiger partial charge in [0, 0.05) is 7.05 Å². The number of amides is 1. The van der Waals surface area contributed by atoms with Gasteiger partial charge in [-0.3, -0.25) is 4.79 Å². The van der Waals surface area contributed by atoms with E-state index >= 15 is 0 Å². The van der Waals surface area contributed by atoms with Gasteiger partial charge >= 0.3 is 0 Å². The van der Waals surface area contributed by atoms with Crippen LogP contribution in [0.1, 0.15) is 18.5 Å². The molecule has 6 heteroatoms. The van der Waals surface area contributed by atoms with E-state index in [0.717, 1.165) is 20.9 Å². The van der Waals surface area contributed by atoms with Crippen molar-refractivity contribution in [1.29, 1.82) is 0 Å². The Hall–Kier alpha value is -2.11. The number of hydrogen-bond donors (Lipinski definition) is 1. The zero-order valence-corrected chi connectivity index (χ0v) is 15.1. The van der Waals surface area contributed by atoms with Gasteiger partial charge in [-0.25, -0.2) is 4.98 Å². The molecule has 0 unspecified atom stereocenters. The summed E-state index contributed by atoms with van der Waals surface area (Å²) in [6.07, 6.45) is 0. The van der Waals surface area contributed by atoms with E-state index in [-0.39, 0.29) is 18.5 Å². The Kier molecular flexibility index (Phi) is 5.02. The second kappa shape index (κ2) is 7.20. The molecular formula is C18H18ClN3OS. The zero-order valence-electron chi connectivity index (χ0n) is 13.5.